The topological polar surface area (TPSA) is 88.1 Å². The van der Waals surface area contributed by atoms with E-state index in [1.807, 2.05) is 0 Å². The number of ketones is 1. The third-order valence-corrected chi connectivity index (χ3v) is 3.88. The van der Waals surface area contributed by atoms with Gasteiger partial charge in [0.15, 0.2) is 0 Å². The lowest BCUT2D eigenvalue weighted by Gasteiger charge is -2.32. The van der Waals surface area contributed by atoms with Crippen molar-refractivity contribution >= 4 is 17.7 Å². The molecule has 2 aromatic carbocycles. The summed E-state index contributed by atoms with van der Waals surface area (Å²) < 4.78 is 21.6. The van der Waals surface area contributed by atoms with E-state index in [2.05, 4.69) is 0 Å². The number of hydrogen-bond acceptors (Lipinski definition) is 7. The SMILES string of the molecule is CC(=O)OCCOC(OCCOC(C)=O)(C(=O)c1ccccc1)c1ccccc1. The van der Waals surface area contributed by atoms with Gasteiger partial charge in [-0.1, -0.05) is 60.7 Å². The maximum absolute atomic E-state index is 13.5. The lowest BCUT2D eigenvalue weighted by molar-refractivity contribution is -0.219. The Labute approximate surface area is 169 Å². The van der Waals surface area contributed by atoms with Gasteiger partial charge < -0.3 is 18.9 Å². The fourth-order valence-corrected chi connectivity index (χ4v) is 2.65. The zero-order valence-electron chi connectivity index (χ0n) is 16.5. The Bertz CT molecular complexity index is 780. The summed E-state index contributed by atoms with van der Waals surface area (Å²) in [6, 6.07) is 17.3. The summed E-state index contributed by atoms with van der Waals surface area (Å²) >= 11 is 0. The second kappa shape index (κ2) is 11.1. The van der Waals surface area contributed by atoms with Crippen LogP contribution in [0.4, 0.5) is 0 Å². The molecule has 0 spiro atoms. The van der Waals surface area contributed by atoms with Gasteiger partial charge in [0, 0.05) is 25.0 Å². The Hall–Kier alpha value is -3.03. The maximum atomic E-state index is 13.5. The van der Waals surface area contributed by atoms with Crippen molar-refractivity contribution in [1.29, 1.82) is 0 Å². The van der Waals surface area contributed by atoms with E-state index in [-0.39, 0.29) is 26.4 Å². The van der Waals surface area contributed by atoms with E-state index in [9.17, 15) is 14.4 Å². The number of carbonyl (C=O) groups excluding carboxylic acids is 3. The smallest absolute Gasteiger partial charge is 0.302 e. The van der Waals surface area contributed by atoms with Crippen LogP contribution in [0.25, 0.3) is 0 Å². The van der Waals surface area contributed by atoms with Crippen LogP contribution in [0.15, 0.2) is 60.7 Å². The van der Waals surface area contributed by atoms with Gasteiger partial charge in [0.05, 0.1) is 13.2 Å². The monoisotopic (exact) mass is 400 g/mol. The van der Waals surface area contributed by atoms with E-state index in [0.717, 1.165) is 0 Å². The molecule has 0 fully saturated rings. The molecule has 0 N–H and O–H groups in total. The molecule has 0 aliphatic heterocycles. The van der Waals surface area contributed by atoms with E-state index < -0.39 is 23.5 Å². The van der Waals surface area contributed by atoms with Crippen molar-refractivity contribution in [2.45, 2.75) is 19.6 Å². The predicted molar refractivity (Wildman–Crippen MR) is 104 cm³/mol. The Morgan fingerprint density at radius 2 is 1.14 bits per heavy atom. The van der Waals surface area contributed by atoms with Crippen LogP contribution >= 0.6 is 0 Å². The predicted octanol–water partition coefficient (Wildman–Crippen LogP) is 2.88. The quantitative estimate of drug-likeness (QED) is 0.248. The van der Waals surface area contributed by atoms with Crippen molar-refractivity contribution in [3.05, 3.63) is 71.8 Å². The third kappa shape index (κ3) is 6.51. The van der Waals surface area contributed by atoms with Gasteiger partial charge in [0.25, 0.3) is 5.79 Å². The van der Waals surface area contributed by atoms with Crippen molar-refractivity contribution < 1.29 is 33.3 Å². The van der Waals surface area contributed by atoms with Gasteiger partial charge in [0.2, 0.25) is 5.78 Å². The first-order chi connectivity index (χ1) is 14.0. The van der Waals surface area contributed by atoms with Crippen LogP contribution in [-0.2, 0) is 34.3 Å². The average molecular weight is 400 g/mol. The molecule has 0 radical (unpaired) electrons. The highest BCUT2D eigenvalue weighted by atomic mass is 16.7. The first kappa shape index (κ1) is 22.3. The molecule has 0 aromatic heterocycles. The molecular weight excluding hydrogens is 376 g/mol. The first-order valence-electron chi connectivity index (χ1n) is 9.15. The van der Waals surface area contributed by atoms with Gasteiger partial charge in [-0.15, -0.1) is 0 Å². The van der Waals surface area contributed by atoms with Crippen molar-refractivity contribution in [2.75, 3.05) is 26.4 Å². The highest BCUT2D eigenvalue weighted by Gasteiger charge is 2.43. The summed E-state index contributed by atoms with van der Waals surface area (Å²) in [4.78, 5) is 35.5. The molecule has 154 valence electrons. The van der Waals surface area contributed by atoms with Crippen LogP contribution in [0.2, 0.25) is 0 Å². The second-order valence-corrected chi connectivity index (χ2v) is 6.05. The number of ether oxygens (including phenoxy) is 4. The maximum Gasteiger partial charge on any atom is 0.302 e. The molecule has 0 saturated heterocycles. The van der Waals surface area contributed by atoms with E-state index >= 15 is 0 Å². The van der Waals surface area contributed by atoms with Crippen LogP contribution in [0.3, 0.4) is 0 Å². The zero-order valence-corrected chi connectivity index (χ0v) is 16.5. The molecule has 0 aliphatic carbocycles. The summed E-state index contributed by atoms with van der Waals surface area (Å²) in [7, 11) is 0. The molecule has 2 rings (SSSR count). The Morgan fingerprint density at radius 1 is 0.690 bits per heavy atom. The number of carbonyl (C=O) groups is 3. The van der Waals surface area contributed by atoms with Crippen molar-refractivity contribution in [3.63, 3.8) is 0 Å². The Morgan fingerprint density at radius 3 is 1.59 bits per heavy atom. The minimum Gasteiger partial charge on any atom is -0.463 e. The van der Waals surface area contributed by atoms with Crippen molar-refractivity contribution in [3.8, 4) is 0 Å². The number of hydrogen-bond donors (Lipinski definition) is 0. The second-order valence-electron chi connectivity index (χ2n) is 6.05. The fraction of sp³-hybridized carbons (Fsp3) is 0.318. The average Bonchev–Trinajstić information content (AvgIpc) is 2.73. The normalized spacial score (nSPS) is 11.0. The molecule has 7 nitrogen and oxygen atoms in total. The van der Waals surface area contributed by atoms with Crippen LogP contribution < -0.4 is 0 Å². The zero-order chi connectivity index (χ0) is 21.1. The minimum atomic E-state index is -1.79. The summed E-state index contributed by atoms with van der Waals surface area (Å²) in [6.45, 7) is 2.35. The number of benzene rings is 2. The molecule has 2 aromatic rings. The molecule has 29 heavy (non-hydrogen) atoms. The highest BCUT2D eigenvalue weighted by Crippen LogP contribution is 2.32. The Balaban J connectivity index is 2.35. The van der Waals surface area contributed by atoms with E-state index in [1.54, 1.807) is 60.7 Å². The largest absolute Gasteiger partial charge is 0.463 e. The molecule has 0 heterocycles. The standard InChI is InChI=1S/C22H24O7/c1-17(23)26-13-15-28-22(20-11-7-4-8-12-20,29-16-14-27-18(2)24)21(25)19-9-5-3-6-10-19/h3-12H,13-16H2,1-2H3. The van der Waals surface area contributed by atoms with Gasteiger partial charge in [-0.05, 0) is 0 Å². The van der Waals surface area contributed by atoms with Gasteiger partial charge in [-0.25, -0.2) is 0 Å². The van der Waals surface area contributed by atoms with Crippen LogP contribution in [0.5, 0.6) is 0 Å². The van der Waals surface area contributed by atoms with E-state index in [0.29, 0.717) is 11.1 Å². The van der Waals surface area contributed by atoms with Crippen molar-refractivity contribution in [1.82, 2.24) is 0 Å². The van der Waals surface area contributed by atoms with Gasteiger partial charge in [-0.3, -0.25) is 14.4 Å². The summed E-state index contributed by atoms with van der Waals surface area (Å²) in [5, 5.41) is 0. The lowest BCUT2D eigenvalue weighted by atomic mass is 9.95. The van der Waals surface area contributed by atoms with Crippen molar-refractivity contribution in [2.24, 2.45) is 0 Å². The number of rotatable bonds is 11. The Kier molecular flexibility index (Phi) is 8.51. The van der Waals surface area contributed by atoms with Crippen LogP contribution in [0.1, 0.15) is 29.8 Å². The van der Waals surface area contributed by atoms with Gasteiger partial charge >= 0.3 is 11.9 Å². The van der Waals surface area contributed by atoms with E-state index in [4.69, 9.17) is 18.9 Å². The van der Waals surface area contributed by atoms with Gasteiger partial charge in [0.1, 0.15) is 13.2 Å². The molecule has 0 atom stereocenters. The van der Waals surface area contributed by atoms with E-state index in [1.165, 1.54) is 13.8 Å². The molecule has 0 unspecified atom stereocenters. The molecule has 0 aliphatic rings. The van der Waals surface area contributed by atoms with Crippen LogP contribution in [-0.4, -0.2) is 44.1 Å². The molecular formula is C22H24O7. The molecule has 0 amide bonds. The summed E-state index contributed by atoms with van der Waals surface area (Å²) in [5.74, 6) is -3.12. The van der Waals surface area contributed by atoms with Gasteiger partial charge in [-0.2, -0.15) is 0 Å². The summed E-state index contributed by atoms with van der Waals surface area (Å²) in [6.07, 6.45) is 0. The first-order valence-corrected chi connectivity index (χ1v) is 9.15. The minimum absolute atomic E-state index is 0.0424. The summed E-state index contributed by atoms with van der Waals surface area (Å²) in [5.41, 5.74) is 0.857. The van der Waals surface area contributed by atoms with Crippen LogP contribution in [0, 0.1) is 0 Å². The molecule has 0 saturated carbocycles. The molecule has 0 bridgehead atoms. The lowest BCUT2D eigenvalue weighted by Crippen LogP contribution is -2.43. The number of Topliss-reactive ketones (excluding diaryl/α,β-unsaturated/α-hetero) is 1. The highest BCUT2D eigenvalue weighted by molar-refractivity contribution is 6.02. The fourth-order valence-electron chi connectivity index (χ4n) is 2.65. The third-order valence-electron chi connectivity index (χ3n) is 3.88. The number of esters is 2. The molecule has 7 heteroatoms.